The molecular weight excluding hydrogens is 236 g/mol. The molecule has 1 atom stereocenters. The predicted octanol–water partition coefficient (Wildman–Crippen LogP) is 2.95. The second-order valence-corrected chi connectivity index (χ2v) is 6.62. The Morgan fingerprint density at radius 1 is 1.26 bits per heavy atom. The Bertz CT molecular complexity index is 291. The fourth-order valence-electron chi connectivity index (χ4n) is 3.68. The lowest BCUT2D eigenvalue weighted by molar-refractivity contribution is -0.146. The van der Waals surface area contributed by atoms with Crippen molar-refractivity contribution in [1.82, 2.24) is 10.2 Å². The summed E-state index contributed by atoms with van der Waals surface area (Å²) >= 11 is 0. The third-order valence-electron chi connectivity index (χ3n) is 4.91. The minimum Gasteiger partial charge on any atom is -0.338 e. The van der Waals surface area contributed by atoms with Gasteiger partial charge in [0.05, 0.1) is 0 Å². The number of hydrogen-bond acceptors (Lipinski definition) is 2. The topological polar surface area (TPSA) is 32.3 Å². The van der Waals surface area contributed by atoms with Gasteiger partial charge in [0.15, 0.2) is 0 Å². The molecule has 0 bridgehead atoms. The highest BCUT2D eigenvalue weighted by molar-refractivity contribution is 5.82. The standard InChI is InChI=1S/C16H30N2O/c1-3-12-18(14-8-7-11-17-13-14)15(19)16(2)9-5-4-6-10-16/h14,17H,3-13H2,1-2H3. The summed E-state index contributed by atoms with van der Waals surface area (Å²) in [6.07, 6.45) is 9.39. The van der Waals surface area contributed by atoms with E-state index in [0.29, 0.717) is 11.9 Å². The van der Waals surface area contributed by atoms with Crippen LogP contribution in [0.15, 0.2) is 0 Å². The van der Waals surface area contributed by atoms with Crippen LogP contribution in [-0.2, 0) is 4.79 Å². The Morgan fingerprint density at radius 2 is 2.00 bits per heavy atom. The summed E-state index contributed by atoms with van der Waals surface area (Å²) in [4.78, 5) is 15.2. The number of amides is 1. The Hall–Kier alpha value is -0.570. The van der Waals surface area contributed by atoms with E-state index in [1.165, 1.54) is 32.1 Å². The zero-order valence-corrected chi connectivity index (χ0v) is 12.7. The normalized spacial score (nSPS) is 26.9. The van der Waals surface area contributed by atoms with Crippen molar-refractivity contribution < 1.29 is 4.79 Å². The highest BCUT2D eigenvalue weighted by atomic mass is 16.2. The number of carbonyl (C=O) groups is 1. The van der Waals surface area contributed by atoms with Crippen molar-refractivity contribution in [2.75, 3.05) is 19.6 Å². The van der Waals surface area contributed by atoms with Gasteiger partial charge in [-0.3, -0.25) is 4.79 Å². The van der Waals surface area contributed by atoms with E-state index in [-0.39, 0.29) is 5.41 Å². The van der Waals surface area contributed by atoms with Crippen LogP contribution in [0.1, 0.15) is 65.2 Å². The first-order chi connectivity index (χ1) is 9.17. The van der Waals surface area contributed by atoms with Gasteiger partial charge in [-0.05, 0) is 38.6 Å². The van der Waals surface area contributed by atoms with Gasteiger partial charge in [0.25, 0.3) is 0 Å². The van der Waals surface area contributed by atoms with E-state index in [9.17, 15) is 4.79 Å². The lowest BCUT2D eigenvalue weighted by Gasteiger charge is -2.42. The zero-order chi connectivity index (χ0) is 13.7. The molecule has 1 aliphatic heterocycles. The Kier molecular flexibility index (Phi) is 5.26. The average molecular weight is 266 g/mol. The summed E-state index contributed by atoms with van der Waals surface area (Å²) in [5, 5.41) is 3.45. The van der Waals surface area contributed by atoms with E-state index in [1.54, 1.807) is 0 Å². The molecule has 1 N–H and O–H groups in total. The highest BCUT2D eigenvalue weighted by Crippen LogP contribution is 2.38. The molecule has 1 aliphatic carbocycles. The Morgan fingerprint density at radius 3 is 2.58 bits per heavy atom. The number of rotatable bonds is 4. The van der Waals surface area contributed by atoms with Crippen LogP contribution in [0, 0.1) is 5.41 Å². The van der Waals surface area contributed by atoms with Crippen molar-refractivity contribution in [1.29, 1.82) is 0 Å². The van der Waals surface area contributed by atoms with Crippen LogP contribution in [-0.4, -0.2) is 36.5 Å². The maximum absolute atomic E-state index is 13.0. The molecule has 1 unspecified atom stereocenters. The molecule has 1 saturated heterocycles. The SMILES string of the molecule is CCCN(C(=O)C1(C)CCCCC1)C1CCCNC1. The average Bonchev–Trinajstić information content (AvgIpc) is 2.46. The first-order valence-corrected chi connectivity index (χ1v) is 8.19. The van der Waals surface area contributed by atoms with Crippen LogP contribution < -0.4 is 5.32 Å². The van der Waals surface area contributed by atoms with E-state index in [4.69, 9.17) is 0 Å². The van der Waals surface area contributed by atoms with Gasteiger partial charge in [-0.15, -0.1) is 0 Å². The zero-order valence-electron chi connectivity index (χ0n) is 12.7. The monoisotopic (exact) mass is 266 g/mol. The Labute approximate surface area is 118 Å². The van der Waals surface area contributed by atoms with Gasteiger partial charge in [-0.2, -0.15) is 0 Å². The number of nitrogens with one attached hydrogen (secondary N) is 1. The van der Waals surface area contributed by atoms with Crippen LogP contribution in [0.5, 0.6) is 0 Å². The van der Waals surface area contributed by atoms with Crippen molar-refractivity contribution in [2.24, 2.45) is 5.41 Å². The summed E-state index contributed by atoms with van der Waals surface area (Å²) in [5.41, 5.74) is -0.0785. The van der Waals surface area contributed by atoms with E-state index >= 15 is 0 Å². The van der Waals surface area contributed by atoms with E-state index in [0.717, 1.165) is 38.9 Å². The summed E-state index contributed by atoms with van der Waals surface area (Å²) in [6.45, 7) is 7.41. The van der Waals surface area contributed by atoms with Crippen LogP contribution in [0.3, 0.4) is 0 Å². The van der Waals surface area contributed by atoms with Crippen LogP contribution in [0.2, 0.25) is 0 Å². The van der Waals surface area contributed by atoms with Crippen molar-refractivity contribution in [2.45, 2.75) is 71.3 Å². The lowest BCUT2D eigenvalue weighted by Crippen LogP contribution is -2.53. The summed E-state index contributed by atoms with van der Waals surface area (Å²) in [7, 11) is 0. The minimum atomic E-state index is -0.0785. The molecule has 0 aromatic carbocycles. The fraction of sp³-hybridized carbons (Fsp3) is 0.938. The lowest BCUT2D eigenvalue weighted by atomic mass is 9.74. The molecular formula is C16H30N2O. The van der Waals surface area contributed by atoms with E-state index < -0.39 is 0 Å². The predicted molar refractivity (Wildman–Crippen MR) is 79.1 cm³/mol. The molecule has 2 fully saturated rings. The largest absolute Gasteiger partial charge is 0.338 e. The second-order valence-electron chi connectivity index (χ2n) is 6.62. The first kappa shape index (κ1) is 14.8. The van der Waals surface area contributed by atoms with Crippen LogP contribution in [0.25, 0.3) is 0 Å². The van der Waals surface area contributed by atoms with Gasteiger partial charge < -0.3 is 10.2 Å². The number of carbonyl (C=O) groups excluding carboxylic acids is 1. The molecule has 0 aromatic heterocycles. The number of hydrogen-bond donors (Lipinski definition) is 1. The van der Waals surface area contributed by atoms with Gasteiger partial charge in [0.1, 0.15) is 0 Å². The molecule has 1 saturated carbocycles. The number of piperidine rings is 1. The van der Waals surface area contributed by atoms with Crippen molar-refractivity contribution in [3.05, 3.63) is 0 Å². The molecule has 19 heavy (non-hydrogen) atoms. The first-order valence-electron chi connectivity index (χ1n) is 8.19. The minimum absolute atomic E-state index is 0.0785. The highest BCUT2D eigenvalue weighted by Gasteiger charge is 2.39. The summed E-state index contributed by atoms with van der Waals surface area (Å²) in [6, 6.07) is 0.431. The van der Waals surface area contributed by atoms with Crippen LogP contribution in [0.4, 0.5) is 0 Å². The Balaban J connectivity index is 2.06. The summed E-state index contributed by atoms with van der Waals surface area (Å²) in [5.74, 6) is 0.433. The maximum Gasteiger partial charge on any atom is 0.228 e. The summed E-state index contributed by atoms with van der Waals surface area (Å²) < 4.78 is 0. The second kappa shape index (κ2) is 6.74. The molecule has 0 spiro atoms. The van der Waals surface area contributed by atoms with Crippen molar-refractivity contribution in [3.8, 4) is 0 Å². The molecule has 0 aromatic rings. The van der Waals surface area contributed by atoms with Crippen LogP contribution >= 0.6 is 0 Å². The molecule has 3 nitrogen and oxygen atoms in total. The van der Waals surface area contributed by atoms with Gasteiger partial charge in [0, 0.05) is 24.5 Å². The third kappa shape index (κ3) is 3.50. The third-order valence-corrected chi connectivity index (χ3v) is 4.91. The van der Waals surface area contributed by atoms with Crippen molar-refractivity contribution in [3.63, 3.8) is 0 Å². The van der Waals surface area contributed by atoms with E-state index in [2.05, 4.69) is 24.1 Å². The molecule has 110 valence electrons. The number of nitrogens with zero attached hydrogens (tertiary/aromatic N) is 1. The molecule has 2 aliphatic rings. The van der Waals surface area contributed by atoms with Gasteiger partial charge in [-0.25, -0.2) is 0 Å². The fourth-order valence-corrected chi connectivity index (χ4v) is 3.68. The van der Waals surface area contributed by atoms with E-state index in [1.807, 2.05) is 0 Å². The van der Waals surface area contributed by atoms with Crippen molar-refractivity contribution >= 4 is 5.91 Å². The quantitative estimate of drug-likeness (QED) is 0.848. The molecule has 1 heterocycles. The van der Waals surface area contributed by atoms with Gasteiger partial charge in [0.2, 0.25) is 5.91 Å². The molecule has 1 amide bonds. The maximum atomic E-state index is 13.0. The smallest absolute Gasteiger partial charge is 0.228 e. The van der Waals surface area contributed by atoms with Gasteiger partial charge in [-0.1, -0.05) is 33.1 Å². The molecule has 2 rings (SSSR count). The van der Waals surface area contributed by atoms with Gasteiger partial charge >= 0.3 is 0 Å². The molecule has 3 heteroatoms. The molecule has 0 radical (unpaired) electrons.